The van der Waals surface area contributed by atoms with Gasteiger partial charge < -0.3 is 10.1 Å². The predicted molar refractivity (Wildman–Crippen MR) is 78.5 cm³/mol. The third kappa shape index (κ3) is 2.98. The van der Waals surface area contributed by atoms with Gasteiger partial charge in [-0.25, -0.2) is 4.98 Å². The lowest BCUT2D eigenvalue weighted by Gasteiger charge is -2.44. The van der Waals surface area contributed by atoms with Gasteiger partial charge in [-0.15, -0.1) is 0 Å². The molecule has 0 bridgehead atoms. The fourth-order valence-electron chi connectivity index (χ4n) is 3.03. The van der Waals surface area contributed by atoms with Gasteiger partial charge in [0.25, 0.3) is 0 Å². The number of hydrogen-bond donors (Lipinski definition) is 1. The Bertz CT molecular complexity index is 525. The second-order valence-corrected chi connectivity index (χ2v) is 5.70. The van der Waals surface area contributed by atoms with E-state index in [0.717, 1.165) is 39.1 Å². The molecular weight excluding hydrogens is 272 g/mol. The normalized spacial score (nSPS) is 26.1. The molecule has 1 N–H and O–H groups in total. The smallest absolute Gasteiger partial charge is 0.314 e. The van der Waals surface area contributed by atoms with E-state index in [9.17, 15) is 10.1 Å². The van der Waals surface area contributed by atoms with Gasteiger partial charge >= 0.3 is 5.69 Å². The molecular formula is C14H20N4O3. The van der Waals surface area contributed by atoms with Crippen LogP contribution in [0, 0.1) is 17.0 Å². The van der Waals surface area contributed by atoms with Crippen LogP contribution in [0.4, 0.5) is 11.5 Å². The zero-order valence-electron chi connectivity index (χ0n) is 12.1. The van der Waals surface area contributed by atoms with Crippen molar-refractivity contribution in [1.82, 2.24) is 9.88 Å². The lowest BCUT2D eigenvalue weighted by Crippen LogP contribution is -2.53. The van der Waals surface area contributed by atoms with Crippen molar-refractivity contribution in [1.29, 1.82) is 0 Å². The fourth-order valence-corrected chi connectivity index (χ4v) is 3.03. The lowest BCUT2D eigenvalue weighted by atomic mass is 9.85. The first-order valence-corrected chi connectivity index (χ1v) is 7.33. The van der Waals surface area contributed by atoms with Crippen LogP contribution in [0.15, 0.2) is 12.3 Å². The zero-order valence-corrected chi connectivity index (χ0v) is 12.1. The number of rotatable bonds is 4. The molecule has 114 valence electrons. The quantitative estimate of drug-likeness (QED) is 0.670. The van der Waals surface area contributed by atoms with Gasteiger partial charge in [-0.05, 0) is 25.8 Å². The van der Waals surface area contributed by atoms with Gasteiger partial charge in [0, 0.05) is 36.9 Å². The van der Waals surface area contributed by atoms with Crippen molar-refractivity contribution in [2.75, 3.05) is 31.6 Å². The zero-order chi connectivity index (χ0) is 14.8. The van der Waals surface area contributed by atoms with E-state index < -0.39 is 0 Å². The molecule has 7 heteroatoms. The molecule has 1 aliphatic heterocycles. The summed E-state index contributed by atoms with van der Waals surface area (Å²) in [5.41, 5.74) is 0.730. The molecule has 0 atom stereocenters. The summed E-state index contributed by atoms with van der Waals surface area (Å²) in [4.78, 5) is 17.4. The first kappa shape index (κ1) is 14.2. The molecule has 7 nitrogen and oxygen atoms in total. The first-order chi connectivity index (χ1) is 10.1. The summed E-state index contributed by atoms with van der Waals surface area (Å²) >= 11 is 0. The van der Waals surface area contributed by atoms with Gasteiger partial charge in [-0.2, -0.15) is 0 Å². The van der Waals surface area contributed by atoms with Crippen LogP contribution in [0.3, 0.4) is 0 Å². The van der Waals surface area contributed by atoms with Crippen LogP contribution in [0.25, 0.3) is 0 Å². The SMILES string of the molecule is Cc1ccnc(NC2CC(N3CCOCC3)C2)c1[N+](=O)[O-]. The van der Waals surface area contributed by atoms with Gasteiger partial charge in [0.2, 0.25) is 5.82 Å². The Hall–Kier alpha value is -1.73. The monoisotopic (exact) mass is 292 g/mol. The minimum Gasteiger partial charge on any atom is -0.379 e. The highest BCUT2D eigenvalue weighted by Gasteiger charge is 2.35. The number of nitrogens with zero attached hydrogens (tertiary/aromatic N) is 3. The molecule has 0 radical (unpaired) electrons. The standard InChI is InChI=1S/C14H20N4O3/c1-10-2-3-15-14(13(10)18(19)20)16-11-8-12(9-11)17-4-6-21-7-5-17/h2-3,11-12H,4-9H2,1H3,(H,15,16). The number of nitrogens with one attached hydrogen (secondary N) is 1. The fraction of sp³-hybridized carbons (Fsp3) is 0.643. The molecule has 2 aliphatic rings. The molecule has 0 amide bonds. The Labute approximate surface area is 123 Å². The summed E-state index contributed by atoms with van der Waals surface area (Å²) < 4.78 is 5.35. The van der Waals surface area contributed by atoms with Gasteiger partial charge in [0.15, 0.2) is 0 Å². The molecule has 1 aromatic rings. The average Bonchev–Trinajstić information content (AvgIpc) is 2.43. The highest BCUT2D eigenvalue weighted by molar-refractivity contribution is 5.60. The van der Waals surface area contributed by atoms with Crippen LogP contribution in [0.5, 0.6) is 0 Å². The van der Waals surface area contributed by atoms with Crippen LogP contribution >= 0.6 is 0 Å². The molecule has 1 aliphatic carbocycles. The molecule has 1 saturated carbocycles. The number of ether oxygens (including phenoxy) is 1. The maximum atomic E-state index is 11.1. The number of hydrogen-bond acceptors (Lipinski definition) is 6. The highest BCUT2D eigenvalue weighted by atomic mass is 16.6. The Balaban J connectivity index is 1.59. The van der Waals surface area contributed by atoms with Crippen LogP contribution in [0.1, 0.15) is 18.4 Å². The summed E-state index contributed by atoms with van der Waals surface area (Å²) in [6.07, 6.45) is 3.63. The summed E-state index contributed by atoms with van der Waals surface area (Å²) in [6.45, 7) is 5.32. The number of aromatic nitrogens is 1. The number of aryl methyl sites for hydroxylation is 1. The molecule has 3 rings (SSSR count). The van der Waals surface area contributed by atoms with E-state index in [1.165, 1.54) is 0 Å². The maximum absolute atomic E-state index is 11.1. The van der Waals surface area contributed by atoms with E-state index in [1.54, 1.807) is 19.2 Å². The Kier molecular flexibility index (Phi) is 4.03. The highest BCUT2D eigenvalue weighted by Crippen LogP contribution is 2.32. The lowest BCUT2D eigenvalue weighted by molar-refractivity contribution is -0.384. The van der Waals surface area contributed by atoms with E-state index in [1.807, 2.05) is 0 Å². The van der Waals surface area contributed by atoms with Crippen molar-refractivity contribution in [3.63, 3.8) is 0 Å². The van der Waals surface area contributed by atoms with E-state index in [4.69, 9.17) is 4.74 Å². The Morgan fingerprint density at radius 3 is 2.81 bits per heavy atom. The van der Waals surface area contributed by atoms with Crippen molar-refractivity contribution in [2.45, 2.75) is 31.8 Å². The molecule has 0 spiro atoms. The van der Waals surface area contributed by atoms with Crippen LogP contribution in [-0.4, -0.2) is 53.2 Å². The second kappa shape index (κ2) is 5.95. The van der Waals surface area contributed by atoms with Gasteiger partial charge in [-0.1, -0.05) is 0 Å². The minimum atomic E-state index is -0.358. The van der Waals surface area contributed by atoms with Gasteiger partial charge in [-0.3, -0.25) is 15.0 Å². The van der Waals surface area contributed by atoms with Crippen LogP contribution < -0.4 is 5.32 Å². The molecule has 2 heterocycles. The van der Waals surface area contributed by atoms with Crippen molar-refractivity contribution in [3.8, 4) is 0 Å². The summed E-state index contributed by atoms with van der Waals surface area (Å²) in [5, 5.41) is 14.4. The molecule has 1 saturated heterocycles. The van der Waals surface area contributed by atoms with E-state index >= 15 is 0 Å². The Morgan fingerprint density at radius 2 is 2.14 bits per heavy atom. The summed E-state index contributed by atoms with van der Waals surface area (Å²) in [5.74, 6) is 0.394. The van der Waals surface area contributed by atoms with Crippen molar-refractivity contribution >= 4 is 11.5 Å². The van der Waals surface area contributed by atoms with E-state index in [0.29, 0.717) is 17.4 Å². The van der Waals surface area contributed by atoms with Crippen molar-refractivity contribution in [2.24, 2.45) is 0 Å². The Morgan fingerprint density at radius 1 is 1.43 bits per heavy atom. The third-order valence-corrected chi connectivity index (χ3v) is 4.32. The minimum absolute atomic E-state index is 0.0901. The largest absolute Gasteiger partial charge is 0.379 e. The molecule has 0 aromatic carbocycles. The predicted octanol–water partition coefficient (Wildman–Crippen LogP) is 1.57. The van der Waals surface area contributed by atoms with Crippen LogP contribution in [-0.2, 0) is 4.74 Å². The van der Waals surface area contributed by atoms with E-state index in [2.05, 4.69) is 15.2 Å². The number of nitro groups is 1. The summed E-state index contributed by atoms with van der Waals surface area (Å²) in [7, 11) is 0. The maximum Gasteiger partial charge on any atom is 0.314 e. The van der Waals surface area contributed by atoms with Gasteiger partial charge in [0.1, 0.15) is 0 Å². The van der Waals surface area contributed by atoms with Crippen molar-refractivity contribution < 1.29 is 9.66 Å². The summed E-state index contributed by atoms with van der Waals surface area (Å²) in [6, 6.07) is 2.50. The van der Waals surface area contributed by atoms with Crippen molar-refractivity contribution in [3.05, 3.63) is 27.9 Å². The number of anilines is 1. The molecule has 21 heavy (non-hydrogen) atoms. The first-order valence-electron chi connectivity index (χ1n) is 7.33. The van der Waals surface area contributed by atoms with E-state index in [-0.39, 0.29) is 16.7 Å². The van der Waals surface area contributed by atoms with Crippen LogP contribution in [0.2, 0.25) is 0 Å². The van der Waals surface area contributed by atoms with Gasteiger partial charge in [0.05, 0.1) is 18.1 Å². The topological polar surface area (TPSA) is 80.5 Å². The second-order valence-electron chi connectivity index (χ2n) is 5.70. The molecule has 0 unspecified atom stereocenters. The number of morpholine rings is 1. The average molecular weight is 292 g/mol. The third-order valence-electron chi connectivity index (χ3n) is 4.32. The molecule has 1 aromatic heterocycles. The molecule has 2 fully saturated rings. The number of pyridine rings is 1.